The van der Waals surface area contributed by atoms with Gasteiger partial charge < -0.3 is 9.30 Å². The molecule has 0 bridgehead atoms. The molecule has 2 rings (SSSR count). The summed E-state index contributed by atoms with van der Waals surface area (Å²) in [6, 6.07) is 6.42. The van der Waals surface area contributed by atoms with Crippen LogP contribution in [-0.4, -0.2) is 17.6 Å². The highest BCUT2D eigenvalue weighted by atomic mass is 35.5. The number of benzene rings is 1. The molecular weight excluding hydrogens is 325 g/mol. The maximum atomic E-state index is 12.3. The predicted molar refractivity (Wildman–Crippen MR) is 87.9 cm³/mol. The molecule has 0 N–H and O–H groups in total. The number of carbonyl (C=O) groups excluding carboxylic acids is 1. The van der Waals surface area contributed by atoms with Gasteiger partial charge in [0.15, 0.2) is 5.43 Å². The number of hydrogen-bond donors (Lipinski definition) is 0. The van der Waals surface area contributed by atoms with Gasteiger partial charge in [0.05, 0.1) is 22.8 Å². The van der Waals surface area contributed by atoms with Crippen LogP contribution in [0.5, 0.6) is 0 Å². The third-order valence-corrected chi connectivity index (χ3v) is 4.16. The Labute approximate surface area is 138 Å². The summed E-state index contributed by atoms with van der Waals surface area (Å²) < 4.78 is 6.63. The fourth-order valence-electron chi connectivity index (χ4n) is 2.42. The Hall–Kier alpha value is -1.78. The normalized spacial score (nSPS) is 10.6. The van der Waals surface area contributed by atoms with Crippen molar-refractivity contribution >= 4 is 29.2 Å². The Bertz CT molecular complexity index is 797. The number of hydrogen-bond acceptors (Lipinski definition) is 3. The highest BCUT2D eigenvalue weighted by molar-refractivity contribution is 6.42. The standard InChI is InChI=1S/C16H15Cl2NO3/c1-4-19-9(2)7-13(20)14(16(21)22-3)15(19)10-5-6-11(17)12(18)8-10/h5-8H,4H2,1-3H3. The Balaban J connectivity index is 2.89. The van der Waals surface area contributed by atoms with E-state index < -0.39 is 5.97 Å². The smallest absolute Gasteiger partial charge is 0.344 e. The maximum Gasteiger partial charge on any atom is 0.344 e. The maximum absolute atomic E-state index is 12.3. The average molecular weight is 340 g/mol. The van der Waals surface area contributed by atoms with Crippen LogP contribution in [0.4, 0.5) is 0 Å². The number of halogens is 2. The van der Waals surface area contributed by atoms with Crippen LogP contribution in [0.15, 0.2) is 29.1 Å². The van der Waals surface area contributed by atoms with E-state index in [1.54, 1.807) is 18.2 Å². The molecule has 0 atom stereocenters. The minimum atomic E-state index is -0.673. The molecule has 0 spiro atoms. The van der Waals surface area contributed by atoms with Crippen LogP contribution >= 0.6 is 23.2 Å². The molecule has 4 nitrogen and oxygen atoms in total. The summed E-state index contributed by atoms with van der Waals surface area (Å²) in [4.78, 5) is 24.3. The molecule has 22 heavy (non-hydrogen) atoms. The lowest BCUT2D eigenvalue weighted by molar-refractivity contribution is 0.0599. The minimum Gasteiger partial charge on any atom is -0.465 e. The second-order valence-electron chi connectivity index (χ2n) is 4.74. The van der Waals surface area contributed by atoms with Gasteiger partial charge in [-0.2, -0.15) is 0 Å². The van der Waals surface area contributed by atoms with Crippen LogP contribution in [0.2, 0.25) is 10.0 Å². The van der Waals surface area contributed by atoms with Crippen LogP contribution in [0.1, 0.15) is 23.0 Å². The number of carbonyl (C=O) groups is 1. The Morgan fingerprint density at radius 3 is 2.45 bits per heavy atom. The summed E-state index contributed by atoms with van der Waals surface area (Å²) >= 11 is 12.0. The van der Waals surface area contributed by atoms with Gasteiger partial charge >= 0.3 is 5.97 Å². The van der Waals surface area contributed by atoms with Gasteiger partial charge in [0.1, 0.15) is 5.56 Å². The summed E-state index contributed by atoms with van der Waals surface area (Å²) in [5, 5.41) is 0.759. The van der Waals surface area contributed by atoms with Crippen molar-refractivity contribution in [3.8, 4) is 11.3 Å². The van der Waals surface area contributed by atoms with E-state index in [1.165, 1.54) is 13.2 Å². The fourth-order valence-corrected chi connectivity index (χ4v) is 2.72. The Morgan fingerprint density at radius 1 is 1.23 bits per heavy atom. The van der Waals surface area contributed by atoms with Gasteiger partial charge in [-0.05, 0) is 26.0 Å². The largest absolute Gasteiger partial charge is 0.465 e. The van der Waals surface area contributed by atoms with Crippen molar-refractivity contribution in [2.75, 3.05) is 7.11 Å². The van der Waals surface area contributed by atoms with Crippen LogP contribution in [0.25, 0.3) is 11.3 Å². The topological polar surface area (TPSA) is 48.3 Å². The molecule has 0 aliphatic rings. The third-order valence-electron chi connectivity index (χ3n) is 3.42. The lowest BCUT2D eigenvalue weighted by atomic mass is 10.0. The molecule has 1 aromatic heterocycles. The first kappa shape index (κ1) is 16.6. The molecule has 2 aromatic rings. The van der Waals surface area contributed by atoms with Crippen molar-refractivity contribution in [1.82, 2.24) is 4.57 Å². The van der Waals surface area contributed by atoms with Crippen molar-refractivity contribution in [2.24, 2.45) is 0 Å². The van der Waals surface area contributed by atoms with Crippen LogP contribution < -0.4 is 5.43 Å². The summed E-state index contributed by atoms with van der Waals surface area (Å²) in [5.41, 5.74) is 1.49. The summed E-state index contributed by atoms with van der Waals surface area (Å²) in [7, 11) is 1.25. The lowest BCUT2D eigenvalue weighted by Crippen LogP contribution is -2.23. The van der Waals surface area contributed by atoms with Gasteiger partial charge in [-0.1, -0.05) is 29.3 Å². The first-order valence-electron chi connectivity index (χ1n) is 6.68. The number of rotatable bonds is 3. The highest BCUT2D eigenvalue weighted by Gasteiger charge is 2.22. The summed E-state index contributed by atoms with van der Waals surface area (Å²) in [6.07, 6.45) is 0. The van der Waals surface area contributed by atoms with E-state index in [4.69, 9.17) is 27.9 Å². The quantitative estimate of drug-likeness (QED) is 0.796. The van der Waals surface area contributed by atoms with E-state index >= 15 is 0 Å². The number of aromatic nitrogens is 1. The molecule has 116 valence electrons. The Kier molecular flexibility index (Phi) is 4.94. The monoisotopic (exact) mass is 339 g/mol. The Morgan fingerprint density at radius 2 is 1.91 bits per heavy atom. The molecule has 0 unspecified atom stereocenters. The zero-order valence-electron chi connectivity index (χ0n) is 12.4. The summed E-state index contributed by atoms with van der Waals surface area (Å²) in [6.45, 7) is 4.33. The zero-order valence-corrected chi connectivity index (χ0v) is 14.0. The number of aryl methyl sites for hydroxylation is 1. The second-order valence-corrected chi connectivity index (χ2v) is 5.55. The van der Waals surface area contributed by atoms with Gasteiger partial charge in [-0.15, -0.1) is 0 Å². The van der Waals surface area contributed by atoms with Crippen molar-refractivity contribution in [3.63, 3.8) is 0 Å². The van der Waals surface area contributed by atoms with Gasteiger partial charge in [0.25, 0.3) is 0 Å². The number of esters is 1. The molecule has 0 radical (unpaired) electrons. The van der Waals surface area contributed by atoms with E-state index in [2.05, 4.69) is 0 Å². The molecular formula is C16H15Cl2NO3. The molecule has 0 amide bonds. The van der Waals surface area contributed by atoms with Crippen molar-refractivity contribution in [3.05, 3.63) is 55.8 Å². The SMILES string of the molecule is CCn1c(C)cc(=O)c(C(=O)OC)c1-c1ccc(Cl)c(Cl)c1. The van der Waals surface area contributed by atoms with E-state index in [0.29, 0.717) is 27.8 Å². The van der Waals surface area contributed by atoms with E-state index in [-0.39, 0.29) is 11.0 Å². The number of nitrogens with zero attached hydrogens (tertiary/aromatic N) is 1. The number of methoxy groups -OCH3 is 1. The molecule has 0 saturated heterocycles. The summed E-state index contributed by atoms with van der Waals surface area (Å²) in [5.74, 6) is -0.673. The average Bonchev–Trinajstić information content (AvgIpc) is 2.48. The molecule has 1 heterocycles. The van der Waals surface area contributed by atoms with Gasteiger partial charge in [0, 0.05) is 23.9 Å². The van der Waals surface area contributed by atoms with Crippen molar-refractivity contribution < 1.29 is 9.53 Å². The van der Waals surface area contributed by atoms with Crippen LogP contribution in [0, 0.1) is 6.92 Å². The second kappa shape index (κ2) is 6.55. The zero-order chi connectivity index (χ0) is 16.4. The van der Waals surface area contributed by atoms with Gasteiger partial charge in [-0.3, -0.25) is 4.79 Å². The van der Waals surface area contributed by atoms with E-state index in [1.807, 2.05) is 18.4 Å². The molecule has 0 fully saturated rings. The lowest BCUT2D eigenvalue weighted by Gasteiger charge is -2.18. The first-order chi connectivity index (χ1) is 10.4. The number of ether oxygens (including phenoxy) is 1. The van der Waals surface area contributed by atoms with Crippen LogP contribution in [-0.2, 0) is 11.3 Å². The first-order valence-corrected chi connectivity index (χ1v) is 7.44. The predicted octanol–water partition coefficient (Wildman–Crippen LogP) is 3.94. The molecule has 0 aliphatic heterocycles. The van der Waals surface area contributed by atoms with Crippen molar-refractivity contribution in [1.29, 1.82) is 0 Å². The molecule has 0 saturated carbocycles. The van der Waals surface area contributed by atoms with Crippen LogP contribution in [0.3, 0.4) is 0 Å². The highest BCUT2D eigenvalue weighted by Crippen LogP contribution is 2.30. The van der Waals surface area contributed by atoms with Crippen molar-refractivity contribution in [2.45, 2.75) is 20.4 Å². The molecule has 6 heteroatoms. The third kappa shape index (κ3) is 2.89. The van der Waals surface area contributed by atoms with Gasteiger partial charge in [-0.25, -0.2) is 4.79 Å². The minimum absolute atomic E-state index is 0.00617. The molecule has 1 aromatic carbocycles. The van der Waals surface area contributed by atoms with Gasteiger partial charge in [0.2, 0.25) is 0 Å². The van der Waals surface area contributed by atoms with E-state index in [9.17, 15) is 9.59 Å². The van der Waals surface area contributed by atoms with E-state index in [0.717, 1.165) is 5.69 Å². The molecule has 0 aliphatic carbocycles. The fraction of sp³-hybridized carbons (Fsp3) is 0.250. The number of pyridine rings is 1.